The van der Waals surface area contributed by atoms with Crippen molar-refractivity contribution in [2.45, 2.75) is 57.9 Å². The number of rotatable bonds is 4. The van der Waals surface area contributed by atoms with Crippen LogP contribution in [-0.2, 0) is 9.53 Å². The second-order valence-electron chi connectivity index (χ2n) is 9.28. The average molecular weight is 434 g/mol. The summed E-state index contributed by atoms with van der Waals surface area (Å²) < 4.78 is 26.1. The number of hydrogen-bond acceptors (Lipinski definition) is 5. The molecule has 7 nitrogen and oxygen atoms in total. The molecule has 3 aliphatic rings. The van der Waals surface area contributed by atoms with Crippen molar-refractivity contribution >= 4 is 17.7 Å². The first-order valence-electron chi connectivity index (χ1n) is 11.3. The Bertz CT molecular complexity index is 855. The number of ether oxygens (including phenoxy) is 2. The number of likely N-dealkylation sites (tertiary alicyclic amines) is 1. The molecule has 0 saturated carbocycles. The minimum absolute atomic E-state index is 0.151. The van der Waals surface area contributed by atoms with Gasteiger partial charge in [0.25, 0.3) is 0 Å². The third-order valence-electron chi connectivity index (χ3n) is 7.00. The predicted molar refractivity (Wildman–Crippen MR) is 115 cm³/mol. The minimum atomic E-state index is -0.962. The van der Waals surface area contributed by atoms with E-state index in [0.717, 1.165) is 38.6 Å². The van der Waals surface area contributed by atoms with Crippen LogP contribution in [0.1, 0.15) is 57.4 Å². The third-order valence-corrected chi connectivity index (χ3v) is 7.00. The van der Waals surface area contributed by atoms with Gasteiger partial charge in [0.15, 0.2) is 5.82 Å². The summed E-state index contributed by atoms with van der Waals surface area (Å²) in [7, 11) is 0. The zero-order valence-corrected chi connectivity index (χ0v) is 18.4. The molecule has 3 saturated heterocycles. The lowest BCUT2D eigenvalue weighted by atomic mass is 9.78. The number of carbonyl (C=O) groups excluding carboxylic acids is 2. The molecule has 3 heterocycles. The van der Waals surface area contributed by atoms with Crippen LogP contribution in [0.15, 0.2) is 12.1 Å². The average Bonchev–Trinajstić information content (AvgIpc) is 3.03. The number of piperidine rings is 1. The minimum Gasteiger partial charge on any atom is -0.410 e. The van der Waals surface area contributed by atoms with Crippen molar-refractivity contribution < 1.29 is 23.5 Å². The fourth-order valence-electron chi connectivity index (χ4n) is 5.45. The summed E-state index contributed by atoms with van der Waals surface area (Å²) in [5.41, 5.74) is 5.48. The van der Waals surface area contributed by atoms with Crippen molar-refractivity contribution in [3.05, 3.63) is 23.5 Å². The number of nitrogens with two attached hydrogens (primary N) is 1. The second kappa shape index (κ2) is 8.65. The van der Waals surface area contributed by atoms with Crippen LogP contribution in [0.2, 0.25) is 0 Å². The van der Waals surface area contributed by atoms with Crippen molar-refractivity contribution in [1.82, 2.24) is 4.90 Å². The molecule has 2 amide bonds. The lowest BCUT2D eigenvalue weighted by Crippen LogP contribution is -2.50. The molecule has 3 aliphatic heterocycles. The molecule has 0 unspecified atom stereocenters. The highest BCUT2D eigenvalue weighted by molar-refractivity contribution is 5.86. The van der Waals surface area contributed by atoms with E-state index in [9.17, 15) is 9.59 Å². The SMILES string of the molecule is CC(C)c1c(OC(N)=O)ccc(N2CCC[C@@]3(CCN(C4CCOCC4)C3=O)C2)c1F. The number of anilines is 1. The van der Waals surface area contributed by atoms with Gasteiger partial charge < -0.3 is 25.0 Å². The Hall–Kier alpha value is -2.35. The second-order valence-corrected chi connectivity index (χ2v) is 9.28. The lowest BCUT2D eigenvalue weighted by molar-refractivity contribution is -0.139. The summed E-state index contributed by atoms with van der Waals surface area (Å²) in [4.78, 5) is 28.8. The molecule has 0 aliphatic carbocycles. The molecular weight excluding hydrogens is 401 g/mol. The van der Waals surface area contributed by atoms with Gasteiger partial charge in [-0.05, 0) is 50.2 Å². The zero-order valence-electron chi connectivity index (χ0n) is 18.4. The van der Waals surface area contributed by atoms with Gasteiger partial charge in [-0.15, -0.1) is 0 Å². The van der Waals surface area contributed by atoms with Crippen LogP contribution in [-0.4, -0.2) is 55.8 Å². The summed E-state index contributed by atoms with van der Waals surface area (Å²) >= 11 is 0. The van der Waals surface area contributed by atoms with Crippen LogP contribution in [0, 0.1) is 11.2 Å². The fourth-order valence-corrected chi connectivity index (χ4v) is 5.45. The van der Waals surface area contributed by atoms with Crippen LogP contribution in [0.3, 0.4) is 0 Å². The van der Waals surface area contributed by atoms with E-state index in [-0.39, 0.29) is 23.6 Å². The normalized spacial score (nSPS) is 25.0. The van der Waals surface area contributed by atoms with Crippen molar-refractivity contribution in [2.75, 3.05) is 37.7 Å². The molecule has 8 heteroatoms. The highest BCUT2D eigenvalue weighted by atomic mass is 19.1. The van der Waals surface area contributed by atoms with Crippen molar-refractivity contribution in [3.8, 4) is 5.75 Å². The van der Waals surface area contributed by atoms with Crippen LogP contribution >= 0.6 is 0 Å². The Balaban J connectivity index is 1.58. The molecular formula is C23H32FN3O4. The molecule has 31 heavy (non-hydrogen) atoms. The van der Waals surface area contributed by atoms with E-state index in [1.807, 2.05) is 23.6 Å². The van der Waals surface area contributed by atoms with Gasteiger partial charge in [-0.25, -0.2) is 9.18 Å². The molecule has 1 aromatic rings. The molecule has 3 fully saturated rings. The molecule has 170 valence electrons. The first-order chi connectivity index (χ1) is 14.8. The monoisotopic (exact) mass is 433 g/mol. The largest absolute Gasteiger partial charge is 0.410 e. The number of benzene rings is 1. The van der Waals surface area contributed by atoms with E-state index in [2.05, 4.69) is 0 Å². The van der Waals surface area contributed by atoms with Crippen molar-refractivity contribution in [2.24, 2.45) is 11.1 Å². The quantitative estimate of drug-likeness (QED) is 0.787. The molecule has 0 bridgehead atoms. The molecule has 4 rings (SSSR count). The lowest BCUT2D eigenvalue weighted by Gasteiger charge is -2.41. The van der Waals surface area contributed by atoms with Gasteiger partial charge >= 0.3 is 6.09 Å². The Morgan fingerprint density at radius 3 is 2.68 bits per heavy atom. The highest BCUT2D eigenvalue weighted by Gasteiger charge is 2.50. The maximum absolute atomic E-state index is 15.6. The van der Waals surface area contributed by atoms with Gasteiger partial charge in [-0.3, -0.25) is 4.79 Å². The number of nitrogens with zero attached hydrogens (tertiary/aromatic N) is 2. The first kappa shape index (κ1) is 21.9. The maximum Gasteiger partial charge on any atom is 0.409 e. The molecule has 0 aromatic heterocycles. The maximum atomic E-state index is 15.6. The van der Waals surface area contributed by atoms with Gasteiger partial charge in [0.05, 0.1) is 11.1 Å². The highest BCUT2D eigenvalue weighted by Crippen LogP contribution is 2.44. The van der Waals surface area contributed by atoms with Gasteiger partial charge in [-0.2, -0.15) is 0 Å². The summed E-state index contributed by atoms with van der Waals surface area (Å²) in [5.74, 6) is -0.233. The molecule has 1 atom stereocenters. The number of hydrogen-bond donors (Lipinski definition) is 1. The Morgan fingerprint density at radius 2 is 2.00 bits per heavy atom. The summed E-state index contributed by atoms with van der Waals surface area (Å²) in [5, 5.41) is 0. The first-order valence-corrected chi connectivity index (χ1v) is 11.3. The van der Waals surface area contributed by atoms with E-state index in [0.29, 0.717) is 37.6 Å². The van der Waals surface area contributed by atoms with Gasteiger partial charge in [0.2, 0.25) is 5.91 Å². The summed E-state index contributed by atoms with van der Waals surface area (Å²) in [6.07, 6.45) is 3.29. The van der Waals surface area contributed by atoms with Crippen molar-refractivity contribution in [1.29, 1.82) is 0 Å². The number of amides is 2. The zero-order chi connectivity index (χ0) is 22.2. The van der Waals surface area contributed by atoms with Gasteiger partial charge in [0, 0.05) is 44.5 Å². The fraction of sp³-hybridized carbons (Fsp3) is 0.652. The van der Waals surface area contributed by atoms with E-state index in [4.69, 9.17) is 15.2 Å². The molecule has 1 aromatic carbocycles. The van der Waals surface area contributed by atoms with Gasteiger partial charge in [-0.1, -0.05) is 13.8 Å². The van der Waals surface area contributed by atoms with E-state index < -0.39 is 17.3 Å². The third kappa shape index (κ3) is 4.10. The van der Waals surface area contributed by atoms with Crippen LogP contribution in [0.4, 0.5) is 14.9 Å². The Kier molecular flexibility index (Phi) is 6.10. The van der Waals surface area contributed by atoms with E-state index >= 15 is 4.39 Å². The number of primary amides is 1. The Labute approximate surface area is 182 Å². The molecule has 1 spiro atoms. The van der Waals surface area contributed by atoms with Crippen LogP contribution in [0.25, 0.3) is 0 Å². The predicted octanol–water partition coefficient (Wildman–Crippen LogP) is 3.40. The number of carbonyl (C=O) groups is 2. The van der Waals surface area contributed by atoms with Gasteiger partial charge in [0.1, 0.15) is 5.75 Å². The van der Waals surface area contributed by atoms with E-state index in [1.54, 1.807) is 12.1 Å². The Morgan fingerprint density at radius 1 is 1.26 bits per heavy atom. The molecule has 0 radical (unpaired) electrons. The van der Waals surface area contributed by atoms with Crippen LogP contribution < -0.4 is 15.4 Å². The standard InChI is InChI=1S/C23H32FN3O4/c1-15(2)19-18(31-22(25)29)5-4-17(20(19)24)26-10-3-8-23(14-26)9-11-27(21(23)28)16-6-12-30-13-7-16/h4-5,15-16H,3,6-14H2,1-2H3,(H2,25,29)/t23-/m1/s1. The summed E-state index contributed by atoms with van der Waals surface area (Å²) in [6, 6.07) is 3.49. The number of halogens is 1. The van der Waals surface area contributed by atoms with Crippen molar-refractivity contribution in [3.63, 3.8) is 0 Å². The van der Waals surface area contributed by atoms with Crippen LogP contribution in [0.5, 0.6) is 5.75 Å². The summed E-state index contributed by atoms with van der Waals surface area (Å²) in [6.45, 7) is 7.07. The van der Waals surface area contributed by atoms with E-state index in [1.165, 1.54) is 0 Å². The molecule has 2 N–H and O–H groups in total. The topological polar surface area (TPSA) is 85.1 Å². The smallest absolute Gasteiger partial charge is 0.409 e.